The molecule has 0 aliphatic carbocycles. The van der Waals surface area contributed by atoms with Gasteiger partial charge < -0.3 is 15.0 Å². The van der Waals surface area contributed by atoms with Gasteiger partial charge in [-0.15, -0.1) is 0 Å². The second-order valence-corrected chi connectivity index (χ2v) is 5.16. The molecule has 0 aromatic carbocycles. The Bertz CT molecular complexity index is 321. The molecular formula is C13H23N3O3. The molecule has 0 radical (unpaired) electrons. The van der Waals surface area contributed by atoms with E-state index in [0.717, 1.165) is 25.9 Å². The summed E-state index contributed by atoms with van der Waals surface area (Å²) in [6, 6.07) is 0. The Morgan fingerprint density at radius 1 is 1.16 bits per heavy atom. The van der Waals surface area contributed by atoms with E-state index in [-0.39, 0.29) is 17.7 Å². The number of amides is 2. The van der Waals surface area contributed by atoms with Crippen LogP contribution in [0.4, 0.5) is 0 Å². The van der Waals surface area contributed by atoms with Gasteiger partial charge in [0.15, 0.2) is 0 Å². The molecule has 0 unspecified atom stereocenters. The van der Waals surface area contributed by atoms with Gasteiger partial charge in [0.25, 0.3) is 0 Å². The molecule has 2 rings (SSSR count). The average molecular weight is 269 g/mol. The van der Waals surface area contributed by atoms with Crippen LogP contribution in [0.15, 0.2) is 0 Å². The Labute approximate surface area is 114 Å². The van der Waals surface area contributed by atoms with Crippen LogP contribution in [0.1, 0.15) is 12.8 Å². The van der Waals surface area contributed by atoms with E-state index >= 15 is 0 Å². The highest BCUT2D eigenvalue weighted by Crippen LogP contribution is 2.17. The maximum absolute atomic E-state index is 12.1. The molecule has 1 N–H and O–H groups in total. The zero-order chi connectivity index (χ0) is 13.7. The van der Waals surface area contributed by atoms with Crippen LogP contribution < -0.4 is 5.32 Å². The number of carbonyl (C=O) groups is 2. The van der Waals surface area contributed by atoms with Crippen molar-refractivity contribution in [3.05, 3.63) is 0 Å². The highest BCUT2D eigenvalue weighted by Gasteiger charge is 2.26. The molecule has 0 saturated carbocycles. The minimum atomic E-state index is 0.111. The topological polar surface area (TPSA) is 61.9 Å². The predicted octanol–water partition coefficient (Wildman–Crippen LogP) is -0.697. The summed E-state index contributed by atoms with van der Waals surface area (Å²) in [4.78, 5) is 27.6. The zero-order valence-electron chi connectivity index (χ0n) is 11.6. The van der Waals surface area contributed by atoms with Crippen molar-refractivity contribution in [3.8, 4) is 0 Å². The predicted molar refractivity (Wildman–Crippen MR) is 70.6 cm³/mol. The van der Waals surface area contributed by atoms with E-state index < -0.39 is 0 Å². The third kappa shape index (κ3) is 3.91. The first-order valence-electron chi connectivity index (χ1n) is 7.00. The van der Waals surface area contributed by atoms with Crippen molar-refractivity contribution in [1.82, 2.24) is 15.1 Å². The second kappa shape index (κ2) is 6.86. The highest BCUT2D eigenvalue weighted by atomic mass is 16.5. The van der Waals surface area contributed by atoms with Crippen molar-refractivity contribution >= 4 is 11.8 Å². The minimum Gasteiger partial charge on any atom is -0.378 e. The lowest BCUT2D eigenvalue weighted by molar-refractivity contribution is -0.137. The second-order valence-electron chi connectivity index (χ2n) is 5.16. The van der Waals surface area contributed by atoms with E-state index in [1.54, 1.807) is 7.05 Å². The highest BCUT2D eigenvalue weighted by molar-refractivity contribution is 5.79. The van der Waals surface area contributed by atoms with Gasteiger partial charge in [-0.2, -0.15) is 0 Å². The first-order valence-corrected chi connectivity index (χ1v) is 7.00. The maximum atomic E-state index is 12.1. The number of hydrogen-bond acceptors (Lipinski definition) is 4. The fourth-order valence-electron chi connectivity index (χ4n) is 2.66. The summed E-state index contributed by atoms with van der Waals surface area (Å²) in [5.41, 5.74) is 0. The molecule has 2 heterocycles. The largest absolute Gasteiger partial charge is 0.378 e. The summed E-state index contributed by atoms with van der Waals surface area (Å²) in [6.07, 6.45) is 1.69. The quantitative estimate of drug-likeness (QED) is 0.736. The summed E-state index contributed by atoms with van der Waals surface area (Å²) in [5, 5.41) is 2.70. The van der Waals surface area contributed by atoms with Gasteiger partial charge >= 0.3 is 0 Å². The summed E-state index contributed by atoms with van der Waals surface area (Å²) in [6.45, 7) is 4.82. The number of nitrogens with one attached hydrogen (secondary N) is 1. The molecule has 2 amide bonds. The molecule has 2 aliphatic rings. The van der Waals surface area contributed by atoms with Crippen molar-refractivity contribution in [1.29, 1.82) is 0 Å². The van der Waals surface area contributed by atoms with Crippen LogP contribution >= 0.6 is 0 Å². The molecule has 0 atom stereocenters. The van der Waals surface area contributed by atoms with Crippen molar-refractivity contribution in [2.45, 2.75) is 12.8 Å². The Morgan fingerprint density at radius 3 is 2.37 bits per heavy atom. The maximum Gasteiger partial charge on any atom is 0.236 e. The lowest BCUT2D eigenvalue weighted by Crippen LogP contribution is -2.48. The van der Waals surface area contributed by atoms with Crippen molar-refractivity contribution in [2.75, 3.05) is 53.0 Å². The van der Waals surface area contributed by atoms with Crippen LogP contribution in [0, 0.1) is 5.92 Å². The molecule has 0 aromatic rings. The SMILES string of the molecule is CNC(=O)C1CCN(CC(=O)N2CCOCC2)CC1. The van der Waals surface area contributed by atoms with Crippen LogP contribution in [-0.2, 0) is 14.3 Å². The Morgan fingerprint density at radius 2 is 1.79 bits per heavy atom. The zero-order valence-corrected chi connectivity index (χ0v) is 11.6. The van der Waals surface area contributed by atoms with Crippen LogP contribution in [-0.4, -0.2) is 74.6 Å². The molecule has 6 nitrogen and oxygen atoms in total. The lowest BCUT2D eigenvalue weighted by Gasteiger charge is -2.33. The monoisotopic (exact) mass is 269 g/mol. The minimum absolute atomic E-state index is 0.111. The summed E-state index contributed by atoms with van der Waals surface area (Å²) >= 11 is 0. The number of nitrogens with zero attached hydrogens (tertiary/aromatic N) is 2. The van der Waals surface area contributed by atoms with Gasteiger partial charge in [0.2, 0.25) is 11.8 Å². The number of carbonyl (C=O) groups excluding carboxylic acids is 2. The first kappa shape index (κ1) is 14.3. The summed E-state index contributed by atoms with van der Waals surface area (Å²) in [5.74, 6) is 0.417. The van der Waals surface area contributed by atoms with Crippen molar-refractivity contribution in [2.24, 2.45) is 5.92 Å². The third-order valence-corrected chi connectivity index (χ3v) is 3.93. The fourth-order valence-corrected chi connectivity index (χ4v) is 2.66. The number of rotatable bonds is 3. The first-order chi connectivity index (χ1) is 9.20. The Kier molecular flexibility index (Phi) is 5.15. The van der Waals surface area contributed by atoms with Gasteiger partial charge in [0.1, 0.15) is 0 Å². The van der Waals surface area contributed by atoms with Gasteiger partial charge in [-0.3, -0.25) is 14.5 Å². The van der Waals surface area contributed by atoms with Crippen LogP contribution in [0.2, 0.25) is 0 Å². The van der Waals surface area contributed by atoms with Crippen LogP contribution in [0.25, 0.3) is 0 Å². The van der Waals surface area contributed by atoms with E-state index in [4.69, 9.17) is 4.74 Å². The molecule has 0 aromatic heterocycles. The molecule has 0 spiro atoms. The van der Waals surface area contributed by atoms with Gasteiger partial charge in [-0.05, 0) is 25.9 Å². The number of piperidine rings is 1. The number of likely N-dealkylation sites (tertiary alicyclic amines) is 1. The Balaban J connectivity index is 1.72. The van der Waals surface area contributed by atoms with E-state index in [1.165, 1.54) is 0 Å². The molecule has 19 heavy (non-hydrogen) atoms. The van der Waals surface area contributed by atoms with E-state index in [0.29, 0.717) is 32.8 Å². The summed E-state index contributed by atoms with van der Waals surface area (Å²) in [7, 11) is 1.68. The Hall–Kier alpha value is -1.14. The van der Waals surface area contributed by atoms with Gasteiger partial charge in [0.05, 0.1) is 19.8 Å². The van der Waals surface area contributed by atoms with Gasteiger partial charge in [-0.1, -0.05) is 0 Å². The van der Waals surface area contributed by atoms with Crippen molar-refractivity contribution < 1.29 is 14.3 Å². The smallest absolute Gasteiger partial charge is 0.236 e. The van der Waals surface area contributed by atoms with E-state index in [2.05, 4.69) is 10.2 Å². The normalized spacial score (nSPS) is 22.3. The van der Waals surface area contributed by atoms with Crippen LogP contribution in [0.3, 0.4) is 0 Å². The van der Waals surface area contributed by atoms with E-state index in [1.807, 2.05) is 4.90 Å². The van der Waals surface area contributed by atoms with Gasteiger partial charge in [0, 0.05) is 26.1 Å². The molecule has 108 valence electrons. The number of hydrogen-bond donors (Lipinski definition) is 1. The third-order valence-electron chi connectivity index (χ3n) is 3.93. The van der Waals surface area contributed by atoms with E-state index in [9.17, 15) is 9.59 Å². The van der Waals surface area contributed by atoms with Gasteiger partial charge in [-0.25, -0.2) is 0 Å². The molecule has 2 saturated heterocycles. The molecular weight excluding hydrogens is 246 g/mol. The van der Waals surface area contributed by atoms with Crippen LogP contribution in [0.5, 0.6) is 0 Å². The molecule has 2 fully saturated rings. The number of ether oxygens (including phenoxy) is 1. The molecule has 0 bridgehead atoms. The molecule has 6 heteroatoms. The standard InChI is InChI=1S/C13H23N3O3/c1-14-13(18)11-2-4-15(5-3-11)10-12(17)16-6-8-19-9-7-16/h11H,2-10H2,1H3,(H,14,18). The molecule has 2 aliphatic heterocycles. The summed E-state index contributed by atoms with van der Waals surface area (Å²) < 4.78 is 5.24. The average Bonchev–Trinajstić information content (AvgIpc) is 2.48. The fraction of sp³-hybridized carbons (Fsp3) is 0.846. The lowest BCUT2D eigenvalue weighted by atomic mass is 9.96. The number of morpholine rings is 1. The van der Waals surface area contributed by atoms with Crippen molar-refractivity contribution in [3.63, 3.8) is 0 Å².